The summed E-state index contributed by atoms with van der Waals surface area (Å²) in [5.41, 5.74) is 4.21. The first kappa shape index (κ1) is 4.92. The predicted octanol–water partition coefficient (Wildman–Crippen LogP) is 0.160. The highest BCUT2D eigenvalue weighted by molar-refractivity contribution is 6.27. The van der Waals surface area contributed by atoms with Crippen LogP contribution in [0.3, 0.4) is 0 Å². The number of alkyl halides is 1. The van der Waals surface area contributed by atoms with Gasteiger partial charge >= 0.3 is 0 Å². The SMILES string of the molecule is N=C[C@@H](N)Cl. The van der Waals surface area contributed by atoms with E-state index in [0.717, 1.165) is 6.21 Å². The molecule has 0 aliphatic carbocycles. The third-order valence-corrected chi connectivity index (χ3v) is 0.285. The van der Waals surface area contributed by atoms with Gasteiger partial charge in [0, 0.05) is 6.21 Å². The molecule has 0 aliphatic rings. The molecule has 0 saturated carbocycles. The molecule has 0 amide bonds. The summed E-state index contributed by atoms with van der Waals surface area (Å²) in [5.74, 6) is 0. The van der Waals surface area contributed by atoms with Crippen LogP contribution in [0.5, 0.6) is 0 Å². The Morgan fingerprint density at radius 2 is 2.20 bits per heavy atom. The molecule has 0 aromatic heterocycles. The van der Waals surface area contributed by atoms with Crippen LogP contribution < -0.4 is 5.73 Å². The Kier molecular flexibility index (Phi) is 2.14. The molecule has 0 aromatic carbocycles. The molecule has 0 radical (unpaired) electrons. The van der Waals surface area contributed by atoms with Crippen molar-refractivity contribution in [3.05, 3.63) is 0 Å². The lowest BCUT2D eigenvalue weighted by Gasteiger charge is -1.81. The van der Waals surface area contributed by atoms with Crippen LogP contribution in [0, 0.1) is 5.41 Å². The Balaban J connectivity index is 2.83. The lowest BCUT2D eigenvalue weighted by Crippen LogP contribution is -2.11. The smallest absolute Gasteiger partial charge is 0.115 e. The molecular formula is C2H5ClN2. The van der Waals surface area contributed by atoms with Gasteiger partial charge in [-0.05, 0) is 0 Å². The van der Waals surface area contributed by atoms with Gasteiger partial charge in [0.25, 0.3) is 0 Å². The zero-order valence-electron chi connectivity index (χ0n) is 2.61. The van der Waals surface area contributed by atoms with Gasteiger partial charge in [-0.1, -0.05) is 11.6 Å². The summed E-state index contributed by atoms with van der Waals surface area (Å²) in [6.07, 6.45) is 0.960. The highest BCUT2D eigenvalue weighted by atomic mass is 35.5. The normalized spacial score (nSPS) is 14.0. The third-order valence-electron chi connectivity index (χ3n) is 0.159. The minimum atomic E-state index is -0.602. The Bertz CT molecular complexity index is 34.6. The molecular weight excluding hydrogens is 87.5 g/mol. The Hall–Kier alpha value is -0.0800. The summed E-state index contributed by atoms with van der Waals surface area (Å²) in [6, 6.07) is 0. The molecule has 3 N–H and O–H groups in total. The van der Waals surface area contributed by atoms with Gasteiger partial charge in [0.2, 0.25) is 0 Å². The average Bonchev–Trinajstić information content (AvgIpc) is 1.38. The number of nitrogens with two attached hydrogens (primary N) is 1. The summed E-state index contributed by atoms with van der Waals surface area (Å²) < 4.78 is 0. The lowest BCUT2D eigenvalue weighted by atomic mass is 10.8. The summed E-state index contributed by atoms with van der Waals surface area (Å²) in [5, 5.41) is 6.28. The first-order valence-electron chi connectivity index (χ1n) is 1.17. The standard InChI is InChI=1S/C2H5ClN2/c3-2(5)1-4/h1-2,4H,5H2/t2-/m1/s1. The van der Waals surface area contributed by atoms with E-state index in [1.54, 1.807) is 0 Å². The fourth-order valence-electron chi connectivity index (χ4n) is 0. The molecule has 0 aromatic rings. The van der Waals surface area contributed by atoms with Gasteiger partial charge in [-0.2, -0.15) is 0 Å². The van der Waals surface area contributed by atoms with Gasteiger partial charge in [-0.15, -0.1) is 0 Å². The molecule has 0 unspecified atom stereocenters. The second-order valence-electron chi connectivity index (χ2n) is 0.611. The summed E-state index contributed by atoms with van der Waals surface area (Å²) in [6.45, 7) is 0. The maximum atomic E-state index is 6.28. The molecule has 2 nitrogen and oxygen atoms in total. The van der Waals surface area contributed by atoms with Crippen molar-refractivity contribution in [2.75, 3.05) is 0 Å². The summed E-state index contributed by atoms with van der Waals surface area (Å²) >= 11 is 5.00. The number of rotatable bonds is 1. The van der Waals surface area contributed by atoms with Gasteiger partial charge in [-0.3, -0.25) is 0 Å². The monoisotopic (exact) mass is 92.0 g/mol. The quantitative estimate of drug-likeness (QED) is 0.270. The van der Waals surface area contributed by atoms with Crippen LogP contribution in [-0.2, 0) is 0 Å². The maximum absolute atomic E-state index is 6.28. The zero-order valence-corrected chi connectivity index (χ0v) is 3.37. The highest BCUT2D eigenvalue weighted by Crippen LogP contribution is 1.72. The van der Waals surface area contributed by atoms with Crippen molar-refractivity contribution in [1.29, 1.82) is 5.41 Å². The predicted molar refractivity (Wildman–Crippen MR) is 22.6 cm³/mol. The van der Waals surface area contributed by atoms with Crippen molar-refractivity contribution in [3.8, 4) is 0 Å². The molecule has 1 atom stereocenters. The number of halogens is 1. The van der Waals surface area contributed by atoms with E-state index in [0.29, 0.717) is 0 Å². The van der Waals surface area contributed by atoms with E-state index in [4.69, 9.17) is 22.7 Å². The van der Waals surface area contributed by atoms with E-state index in [9.17, 15) is 0 Å². The number of hydrogen-bond acceptors (Lipinski definition) is 2. The zero-order chi connectivity index (χ0) is 4.28. The highest BCUT2D eigenvalue weighted by Gasteiger charge is 1.78. The van der Waals surface area contributed by atoms with E-state index in [-0.39, 0.29) is 0 Å². The first-order valence-corrected chi connectivity index (χ1v) is 1.61. The molecule has 0 bridgehead atoms. The van der Waals surface area contributed by atoms with E-state index >= 15 is 0 Å². The Morgan fingerprint density at radius 1 is 2.00 bits per heavy atom. The van der Waals surface area contributed by atoms with Crippen LogP contribution >= 0.6 is 11.6 Å². The minimum absolute atomic E-state index is 0.602. The fourth-order valence-corrected chi connectivity index (χ4v) is 0. The maximum Gasteiger partial charge on any atom is 0.115 e. The number of hydrogen-bond donors (Lipinski definition) is 2. The summed E-state index contributed by atoms with van der Waals surface area (Å²) in [4.78, 5) is 0. The second kappa shape index (κ2) is 2.18. The average molecular weight is 92.5 g/mol. The van der Waals surface area contributed by atoms with Crippen LogP contribution in [0.1, 0.15) is 0 Å². The largest absolute Gasteiger partial charge is 0.311 e. The molecule has 5 heavy (non-hydrogen) atoms. The molecule has 0 fully saturated rings. The molecule has 3 heteroatoms. The van der Waals surface area contributed by atoms with Crippen molar-refractivity contribution >= 4 is 17.8 Å². The topological polar surface area (TPSA) is 49.9 Å². The molecule has 0 heterocycles. The summed E-state index contributed by atoms with van der Waals surface area (Å²) in [7, 11) is 0. The van der Waals surface area contributed by atoms with Gasteiger partial charge in [0.15, 0.2) is 0 Å². The number of nitrogens with one attached hydrogen (secondary N) is 1. The van der Waals surface area contributed by atoms with Crippen molar-refractivity contribution in [2.24, 2.45) is 5.73 Å². The minimum Gasteiger partial charge on any atom is -0.311 e. The lowest BCUT2D eigenvalue weighted by molar-refractivity contribution is 1.21. The van der Waals surface area contributed by atoms with E-state index in [2.05, 4.69) is 0 Å². The van der Waals surface area contributed by atoms with E-state index in [1.165, 1.54) is 0 Å². The van der Waals surface area contributed by atoms with Crippen molar-refractivity contribution in [2.45, 2.75) is 5.50 Å². The van der Waals surface area contributed by atoms with Crippen LogP contribution in [0.15, 0.2) is 0 Å². The van der Waals surface area contributed by atoms with E-state index < -0.39 is 5.50 Å². The fraction of sp³-hybridized carbons (Fsp3) is 0.500. The van der Waals surface area contributed by atoms with Gasteiger partial charge < -0.3 is 11.1 Å². The third kappa shape index (κ3) is 3.92. The molecule has 0 aliphatic heterocycles. The Morgan fingerprint density at radius 3 is 2.20 bits per heavy atom. The molecule has 30 valence electrons. The Labute approximate surface area is 35.4 Å². The van der Waals surface area contributed by atoms with Crippen LogP contribution in [0.25, 0.3) is 0 Å². The van der Waals surface area contributed by atoms with Gasteiger partial charge in [0.05, 0.1) is 0 Å². The van der Waals surface area contributed by atoms with Crippen molar-refractivity contribution < 1.29 is 0 Å². The van der Waals surface area contributed by atoms with Crippen molar-refractivity contribution in [1.82, 2.24) is 0 Å². The molecule has 0 rings (SSSR count). The molecule has 0 spiro atoms. The van der Waals surface area contributed by atoms with Crippen LogP contribution in [0.4, 0.5) is 0 Å². The molecule has 0 saturated heterocycles. The van der Waals surface area contributed by atoms with E-state index in [1.807, 2.05) is 0 Å². The first-order chi connectivity index (χ1) is 2.27. The van der Waals surface area contributed by atoms with Crippen LogP contribution in [-0.4, -0.2) is 11.7 Å². The van der Waals surface area contributed by atoms with Gasteiger partial charge in [0.1, 0.15) is 5.50 Å². The second-order valence-corrected chi connectivity index (χ2v) is 1.12. The van der Waals surface area contributed by atoms with Crippen LogP contribution in [0.2, 0.25) is 0 Å². The van der Waals surface area contributed by atoms with Gasteiger partial charge in [-0.25, -0.2) is 0 Å². The van der Waals surface area contributed by atoms with Crippen molar-refractivity contribution in [3.63, 3.8) is 0 Å².